The van der Waals surface area contributed by atoms with Crippen molar-refractivity contribution in [1.82, 2.24) is 24.7 Å². The third-order valence-corrected chi connectivity index (χ3v) is 4.82. The van der Waals surface area contributed by atoms with Crippen molar-refractivity contribution in [3.63, 3.8) is 0 Å². The van der Waals surface area contributed by atoms with Crippen LogP contribution in [-0.2, 0) is 10.2 Å². The fourth-order valence-corrected chi connectivity index (χ4v) is 3.13. The summed E-state index contributed by atoms with van der Waals surface area (Å²) in [6.07, 6.45) is -2.76. The van der Waals surface area contributed by atoms with Gasteiger partial charge in [-0.15, -0.1) is 0 Å². The van der Waals surface area contributed by atoms with Crippen LogP contribution in [-0.4, -0.2) is 48.0 Å². The van der Waals surface area contributed by atoms with Crippen LogP contribution in [0.25, 0.3) is 11.1 Å². The second kappa shape index (κ2) is 11.2. The lowest BCUT2D eigenvalue weighted by atomic mass is 10.1. The van der Waals surface area contributed by atoms with E-state index in [1.54, 1.807) is 4.72 Å². The molecule has 3 aromatic rings. The maximum Gasteiger partial charge on any atom is 0.316 e. The third-order valence-electron chi connectivity index (χ3n) is 3.46. The quantitative estimate of drug-likeness (QED) is 0.385. The van der Waals surface area contributed by atoms with Gasteiger partial charge in [-0.3, -0.25) is 4.72 Å². The van der Waals surface area contributed by atoms with Crippen LogP contribution in [0, 0.1) is 6.92 Å². The van der Waals surface area contributed by atoms with Crippen molar-refractivity contribution in [2.45, 2.75) is 20.2 Å². The van der Waals surface area contributed by atoms with Gasteiger partial charge in [-0.2, -0.15) is 13.1 Å². The zero-order valence-electron chi connectivity index (χ0n) is 26.6. The summed E-state index contributed by atoms with van der Waals surface area (Å²) in [7, 11) is -4.87. The lowest BCUT2D eigenvalue weighted by Gasteiger charge is -2.15. The minimum absolute atomic E-state index is 0.0786. The maximum atomic E-state index is 12.8. The molecule has 0 aliphatic heterocycles. The smallest absolute Gasteiger partial charge is 0.316 e. The molecule has 0 spiro atoms. The minimum atomic E-state index is -4.87. The molecule has 0 unspecified atom stereocenters. The van der Waals surface area contributed by atoms with E-state index in [0.717, 1.165) is 13.3 Å². The molecule has 3 rings (SSSR count). The molecule has 0 saturated carbocycles. The van der Waals surface area contributed by atoms with Gasteiger partial charge in [0.2, 0.25) is 5.88 Å². The topological polar surface area (TPSA) is 128 Å². The van der Waals surface area contributed by atoms with E-state index in [2.05, 4.69) is 35.9 Å². The molecule has 1 aromatic carbocycles. The number of anilines is 1. The molecule has 0 bridgehead atoms. The summed E-state index contributed by atoms with van der Waals surface area (Å²) in [5, 5.41) is 0. The molecule has 0 fully saturated rings. The Morgan fingerprint density at radius 3 is 2.47 bits per heavy atom. The van der Waals surface area contributed by atoms with Crippen LogP contribution in [0.5, 0.6) is 11.9 Å². The Morgan fingerprint density at radius 1 is 1.09 bits per heavy atom. The van der Waals surface area contributed by atoms with E-state index in [-0.39, 0.29) is 16.7 Å². The number of ether oxygens (including phenoxy) is 2. The Morgan fingerprint density at radius 2 is 1.78 bits per heavy atom. The molecule has 0 atom stereocenters. The lowest BCUT2D eigenvalue weighted by molar-refractivity contribution is 0.202. The molecule has 32 heavy (non-hydrogen) atoms. The van der Waals surface area contributed by atoms with E-state index >= 15 is 0 Å². The van der Waals surface area contributed by atoms with Gasteiger partial charge in [-0.25, -0.2) is 19.9 Å². The maximum absolute atomic E-state index is 12.8. The monoisotopic (exact) mass is 532 g/mol. The van der Waals surface area contributed by atoms with Crippen molar-refractivity contribution in [2.24, 2.45) is 0 Å². The number of rotatable bonds is 11. The summed E-state index contributed by atoms with van der Waals surface area (Å²) < 4.78 is 119. The number of halogens is 1. The SMILES string of the molecule is [2H]c1nc(OC([2H])([2H])C([2H])([2H])Oc2ncnc(NS(=O)(=O)NC([2H])([2H])C([2H])([2H])C)c2-c2ccc(Br)cc2)nc([2H])c1C. The van der Waals surface area contributed by atoms with E-state index in [9.17, 15) is 8.42 Å². The van der Waals surface area contributed by atoms with E-state index in [1.165, 1.54) is 31.2 Å². The van der Waals surface area contributed by atoms with Crippen molar-refractivity contribution < 1.29 is 31.6 Å². The number of benzene rings is 1. The van der Waals surface area contributed by atoms with Crippen molar-refractivity contribution >= 4 is 32.0 Å². The molecular weight excluding hydrogens is 500 g/mol. The van der Waals surface area contributed by atoms with Crippen molar-refractivity contribution in [1.29, 1.82) is 0 Å². The van der Waals surface area contributed by atoms with Crippen LogP contribution >= 0.6 is 15.9 Å². The van der Waals surface area contributed by atoms with Crippen molar-refractivity contribution in [3.05, 3.63) is 53.0 Å². The van der Waals surface area contributed by atoms with Gasteiger partial charge in [-0.1, -0.05) is 35.0 Å². The van der Waals surface area contributed by atoms with Crippen LogP contribution < -0.4 is 18.9 Å². The zero-order valence-corrected chi connectivity index (χ0v) is 19.0. The third kappa shape index (κ3) is 6.84. The molecule has 170 valence electrons. The molecule has 2 heterocycles. The Labute approximate surface area is 209 Å². The van der Waals surface area contributed by atoms with Crippen LogP contribution in [0.15, 0.2) is 47.4 Å². The Balaban J connectivity index is 2.06. The van der Waals surface area contributed by atoms with Crippen LogP contribution in [0.4, 0.5) is 5.82 Å². The molecule has 2 N–H and O–H groups in total. The van der Waals surface area contributed by atoms with Gasteiger partial charge in [0.25, 0.3) is 10.2 Å². The largest absolute Gasteiger partial charge is 0.473 e. The average molecular weight is 533 g/mol. The van der Waals surface area contributed by atoms with Gasteiger partial charge in [0.1, 0.15) is 19.4 Å². The summed E-state index contributed by atoms with van der Waals surface area (Å²) in [6, 6.07) is 5.15. The number of nitrogens with one attached hydrogen (secondary N) is 2. The summed E-state index contributed by atoms with van der Waals surface area (Å²) in [4.78, 5) is 14.9. The Bertz CT molecular complexity index is 1550. The first-order valence-corrected chi connectivity index (χ1v) is 11.0. The van der Waals surface area contributed by atoms with Gasteiger partial charge >= 0.3 is 6.01 Å². The molecule has 12 heteroatoms. The number of hydrogen-bond acceptors (Lipinski definition) is 8. The molecule has 2 aromatic heterocycles. The highest BCUT2D eigenvalue weighted by Crippen LogP contribution is 2.34. The predicted molar refractivity (Wildman–Crippen MR) is 124 cm³/mol. The van der Waals surface area contributed by atoms with Gasteiger partial charge in [0.05, 0.1) is 13.8 Å². The average Bonchev–Trinajstić information content (AvgIpc) is 2.81. The standard InChI is InChI=1S/C20H23BrN6O4S/c1-3-8-26-32(28,29)27-18-17(15-4-6-16(21)7-5-15)19(25-13-24-18)30-9-10-31-20-22-11-14(2)12-23-20/h4-7,11-13,26H,3,8-10H2,1-2H3,(H,24,25,27)/i3D2,8D2,9D2,10D2,11D,12D. The second-order valence-corrected chi connectivity index (χ2v) is 8.09. The highest BCUT2D eigenvalue weighted by Gasteiger charge is 2.19. The summed E-state index contributed by atoms with van der Waals surface area (Å²) in [5.74, 6) is -1.23. The lowest BCUT2D eigenvalue weighted by Crippen LogP contribution is -2.31. The van der Waals surface area contributed by atoms with Crippen LogP contribution in [0.2, 0.25) is 0 Å². The van der Waals surface area contributed by atoms with Gasteiger partial charge < -0.3 is 9.47 Å². The van der Waals surface area contributed by atoms with E-state index < -0.39 is 66.3 Å². The van der Waals surface area contributed by atoms with E-state index in [0.29, 0.717) is 4.47 Å². The fraction of sp³-hybridized carbons (Fsp3) is 0.300. The van der Waals surface area contributed by atoms with Gasteiger partial charge in [-0.05, 0) is 36.6 Å². The molecule has 0 amide bonds. The summed E-state index contributed by atoms with van der Waals surface area (Å²) in [6.45, 7) is -7.61. The number of hydrogen-bond donors (Lipinski definition) is 2. The van der Waals surface area contributed by atoms with Crippen LogP contribution in [0.1, 0.15) is 32.6 Å². The predicted octanol–water partition coefficient (Wildman–Crippen LogP) is 3.12. The second-order valence-electron chi connectivity index (χ2n) is 5.75. The highest BCUT2D eigenvalue weighted by atomic mass is 79.9. The number of nitrogens with zero attached hydrogens (tertiary/aromatic N) is 4. The first-order chi connectivity index (χ1) is 19.1. The fourth-order valence-electron chi connectivity index (χ4n) is 2.17. The van der Waals surface area contributed by atoms with Gasteiger partial charge in [0, 0.05) is 28.8 Å². The normalized spacial score (nSPS) is 17.6. The Hall–Kier alpha value is -2.83. The zero-order chi connectivity index (χ0) is 31.9. The first kappa shape index (κ1) is 13.7. The van der Waals surface area contributed by atoms with Crippen molar-refractivity contribution in [3.8, 4) is 23.0 Å². The van der Waals surface area contributed by atoms with Crippen molar-refractivity contribution in [2.75, 3.05) is 24.3 Å². The molecule has 0 saturated heterocycles. The Kier molecular flexibility index (Phi) is 4.76. The summed E-state index contributed by atoms with van der Waals surface area (Å²) >= 11 is 3.25. The molecule has 0 aliphatic rings. The first-order valence-electron chi connectivity index (χ1n) is 13.7. The number of aromatic nitrogens is 4. The van der Waals surface area contributed by atoms with E-state index in [4.69, 9.17) is 23.2 Å². The van der Waals surface area contributed by atoms with E-state index in [1.807, 2.05) is 4.72 Å². The molecule has 0 radical (unpaired) electrons. The minimum Gasteiger partial charge on any atom is -0.473 e. The van der Waals surface area contributed by atoms with Gasteiger partial charge in [0.15, 0.2) is 5.82 Å². The molecule has 10 nitrogen and oxygen atoms in total. The highest BCUT2D eigenvalue weighted by molar-refractivity contribution is 9.10. The summed E-state index contributed by atoms with van der Waals surface area (Å²) in [5.41, 5.74) is -0.0734. The molecule has 0 aliphatic carbocycles. The molecular formula is C20H23BrN6O4S. The van der Waals surface area contributed by atoms with Crippen LogP contribution in [0.3, 0.4) is 0 Å².